The number of hydrogen-bond donors (Lipinski definition) is 0. The number of carbonyl (C=O) groups is 1. The van der Waals surface area contributed by atoms with Gasteiger partial charge >= 0.3 is 0 Å². The number of ether oxygens (including phenoxy) is 1. The summed E-state index contributed by atoms with van der Waals surface area (Å²) in [6.07, 6.45) is 0. The number of benzene rings is 1. The van der Waals surface area contributed by atoms with E-state index >= 15 is 0 Å². The zero-order chi connectivity index (χ0) is 17.9. The lowest BCUT2D eigenvalue weighted by molar-refractivity contribution is -0.142. The average Bonchev–Trinajstić information content (AvgIpc) is 2.63. The van der Waals surface area contributed by atoms with E-state index in [2.05, 4.69) is 60.9 Å². The van der Waals surface area contributed by atoms with Crippen molar-refractivity contribution in [3.8, 4) is 0 Å². The van der Waals surface area contributed by atoms with E-state index in [1.165, 1.54) is 5.56 Å². The van der Waals surface area contributed by atoms with E-state index in [4.69, 9.17) is 4.74 Å². The lowest BCUT2D eigenvalue weighted by Gasteiger charge is -2.49. The van der Waals surface area contributed by atoms with Crippen LogP contribution in [0.3, 0.4) is 0 Å². The summed E-state index contributed by atoms with van der Waals surface area (Å²) in [5.41, 5.74) is 1.40. The number of hydrogen-bond acceptors (Lipinski definition) is 4. The molecule has 138 valence electrons. The molecule has 1 atom stereocenters. The van der Waals surface area contributed by atoms with Crippen LogP contribution in [-0.4, -0.2) is 78.1 Å². The average molecular weight is 345 g/mol. The van der Waals surface area contributed by atoms with E-state index < -0.39 is 0 Å². The minimum absolute atomic E-state index is 0.0492. The predicted octanol–water partition coefficient (Wildman–Crippen LogP) is 1.83. The molecule has 25 heavy (non-hydrogen) atoms. The van der Waals surface area contributed by atoms with Gasteiger partial charge in [0.2, 0.25) is 5.91 Å². The molecular formula is C20H31N3O2. The maximum absolute atomic E-state index is 12.8. The predicted molar refractivity (Wildman–Crippen MR) is 99.4 cm³/mol. The second kappa shape index (κ2) is 7.85. The van der Waals surface area contributed by atoms with Crippen LogP contribution in [-0.2, 0) is 16.1 Å². The fraction of sp³-hybridized carbons (Fsp3) is 0.650. The summed E-state index contributed by atoms with van der Waals surface area (Å²) in [5, 5.41) is 0. The highest BCUT2D eigenvalue weighted by molar-refractivity contribution is 5.81. The molecule has 1 unspecified atom stereocenters. The SMILES string of the molecule is CC(C(=O)N1CCOCC1)N1CCN(Cc2ccccc2)C(C)(C)C1. The van der Waals surface area contributed by atoms with Gasteiger partial charge in [-0.3, -0.25) is 14.6 Å². The molecule has 0 N–H and O–H groups in total. The Morgan fingerprint density at radius 2 is 1.80 bits per heavy atom. The van der Waals surface area contributed by atoms with Crippen LogP contribution in [0.4, 0.5) is 0 Å². The number of carbonyl (C=O) groups excluding carboxylic acids is 1. The molecule has 0 radical (unpaired) electrons. The maximum atomic E-state index is 12.8. The summed E-state index contributed by atoms with van der Waals surface area (Å²) in [6, 6.07) is 10.6. The Hall–Kier alpha value is -1.43. The smallest absolute Gasteiger partial charge is 0.239 e. The number of amides is 1. The molecule has 2 aliphatic heterocycles. The second-order valence-electron chi connectivity index (χ2n) is 7.80. The largest absolute Gasteiger partial charge is 0.378 e. The number of piperazine rings is 1. The lowest BCUT2D eigenvalue weighted by Crippen LogP contribution is -2.62. The summed E-state index contributed by atoms with van der Waals surface area (Å²) in [5.74, 6) is 0.246. The van der Waals surface area contributed by atoms with Gasteiger partial charge < -0.3 is 9.64 Å². The summed E-state index contributed by atoms with van der Waals surface area (Å²) in [6.45, 7) is 13.2. The van der Waals surface area contributed by atoms with Gasteiger partial charge in [-0.1, -0.05) is 30.3 Å². The molecule has 1 aromatic rings. The molecule has 0 aliphatic carbocycles. The Morgan fingerprint density at radius 1 is 1.12 bits per heavy atom. The Balaban J connectivity index is 1.60. The second-order valence-corrected chi connectivity index (χ2v) is 7.80. The first kappa shape index (κ1) is 18.4. The Labute approximate surface area is 151 Å². The van der Waals surface area contributed by atoms with Gasteiger partial charge in [-0.2, -0.15) is 0 Å². The summed E-state index contributed by atoms with van der Waals surface area (Å²) >= 11 is 0. The first-order valence-corrected chi connectivity index (χ1v) is 9.37. The fourth-order valence-corrected chi connectivity index (χ4v) is 3.86. The lowest BCUT2D eigenvalue weighted by atomic mass is 9.96. The van der Waals surface area contributed by atoms with Crippen molar-refractivity contribution in [1.29, 1.82) is 0 Å². The molecule has 1 amide bonds. The van der Waals surface area contributed by atoms with E-state index in [1.807, 2.05) is 4.90 Å². The molecule has 5 nitrogen and oxygen atoms in total. The standard InChI is InChI=1S/C20H31N3O2/c1-17(19(24)21-11-13-25-14-12-21)22-9-10-23(20(2,3)16-22)15-18-7-5-4-6-8-18/h4-8,17H,9-16H2,1-3H3. The first-order chi connectivity index (χ1) is 12.0. The van der Waals surface area contributed by atoms with Crippen LogP contribution in [0.15, 0.2) is 30.3 Å². The molecule has 3 rings (SSSR count). The van der Waals surface area contributed by atoms with Gasteiger partial charge in [0.15, 0.2) is 0 Å². The van der Waals surface area contributed by atoms with Gasteiger partial charge in [0.25, 0.3) is 0 Å². The van der Waals surface area contributed by atoms with E-state index in [1.54, 1.807) is 0 Å². The van der Waals surface area contributed by atoms with Crippen molar-refractivity contribution >= 4 is 5.91 Å². The number of rotatable bonds is 4. The molecule has 0 bridgehead atoms. The normalized spacial score (nSPS) is 23.4. The van der Waals surface area contributed by atoms with Crippen molar-refractivity contribution in [3.05, 3.63) is 35.9 Å². The molecule has 0 spiro atoms. The van der Waals surface area contributed by atoms with Crippen molar-refractivity contribution in [2.45, 2.75) is 38.9 Å². The van der Waals surface area contributed by atoms with Crippen LogP contribution in [0.2, 0.25) is 0 Å². The summed E-state index contributed by atoms with van der Waals surface area (Å²) in [7, 11) is 0. The molecule has 2 heterocycles. The maximum Gasteiger partial charge on any atom is 0.239 e. The van der Waals surface area contributed by atoms with Crippen LogP contribution >= 0.6 is 0 Å². The molecule has 2 saturated heterocycles. The minimum atomic E-state index is -0.0590. The topological polar surface area (TPSA) is 36.0 Å². The zero-order valence-electron chi connectivity index (χ0n) is 15.8. The third-order valence-electron chi connectivity index (χ3n) is 5.55. The van der Waals surface area contributed by atoms with Gasteiger partial charge in [0.1, 0.15) is 0 Å². The van der Waals surface area contributed by atoms with Crippen LogP contribution < -0.4 is 0 Å². The van der Waals surface area contributed by atoms with Crippen molar-refractivity contribution in [2.75, 3.05) is 45.9 Å². The van der Waals surface area contributed by atoms with E-state index in [9.17, 15) is 4.79 Å². The molecule has 0 aromatic heterocycles. The summed E-state index contributed by atoms with van der Waals surface area (Å²) in [4.78, 5) is 19.6. The zero-order valence-corrected chi connectivity index (χ0v) is 15.8. The van der Waals surface area contributed by atoms with Crippen molar-refractivity contribution in [1.82, 2.24) is 14.7 Å². The third-order valence-corrected chi connectivity index (χ3v) is 5.55. The van der Waals surface area contributed by atoms with E-state index in [0.717, 1.165) is 39.3 Å². The van der Waals surface area contributed by atoms with E-state index in [-0.39, 0.29) is 17.5 Å². The van der Waals surface area contributed by atoms with Crippen LogP contribution in [0.5, 0.6) is 0 Å². The van der Waals surface area contributed by atoms with Gasteiger partial charge in [0.05, 0.1) is 19.3 Å². The van der Waals surface area contributed by atoms with Crippen molar-refractivity contribution in [3.63, 3.8) is 0 Å². The molecule has 2 aliphatic rings. The highest BCUT2D eigenvalue weighted by Crippen LogP contribution is 2.25. The fourth-order valence-electron chi connectivity index (χ4n) is 3.86. The molecule has 5 heteroatoms. The first-order valence-electron chi connectivity index (χ1n) is 9.37. The minimum Gasteiger partial charge on any atom is -0.378 e. The van der Waals surface area contributed by atoms with Crippen LogP contribution in [0.1, 0.15) is 26.3 Å². The third kappa shape index (κ3) is 4.40. The Morgan fingerprint density at radius 3 is 2.44 bits per heavy atom. The Bertz CT molecular complexity index is 570. The van der Waals surface area contributed by atoms with E-state index in [0.29, 0.717) is 13.2 Å². The quantitative estimate of drug-likeness (QED) is 0.834. The highest BCUT2D eigenvalue weighted by Gasteiger charge is 2.37. The van der Waals surface area contributed by atoms with Crippen molar-refractivity contribution in [2.24, 2.45) is 0 Å². The summed E-state index contributed by atoms with van der Waals surface area (Å²) < 4.78 is 5.36. The van der Waals surface area contributed by atoms with Crippen LogP contribution in [0.25, 0.3) is 0 Å². The molecule has 2 fully saturated rings. The molecular weight excluding hydrogens is 314 g/mol. The number of morpholine rings is 1. The van der Waals surface area contributed by atoms with Gasteiger partial charge in [-0.25, -0.2) is 0 Å². The monoisotopic (exact) mass is 345 g/mol. The highest BCUT2D eigenvalue weighted by atomic mass is 16.5. The molecule has 1 aromatic carbocycles. The van der Waals surface area contributed by atoms with Gasteiger partial charge in [0, 0.05) is 44.8 Å². The Kier molecular flexibility index (Phi) is 5.77. The number of nitrogens with zero attached hydrogens (tertiary/aromatic N) is 3. The van der Waals surface area contributed by atoms with Crippen molar-refractivity contribution < 1.29 is 9.53 Å². The molecule has 0 saturated carbocycles. The van der Waals surface area contributed by atoms with Crippen LogP contribution in [0, 0.1) is 0 Å². The van der Waals surface area contributed by atoms with Gasteiger partial charge in [-0.15, -0.1) is 0 Å². The van der Waals surface area contributed by atoms with Gasteiger partial charge in [-0.05, 0) is 26.3 Å².